The van der Waals surface area contributed by atoms with Crippen molar-refractivity contribution in [1.29, 1.82) is 5.26 Å². The SMILES string of the molecule is COCCCNC(=S)NCCNc1[nH+]c2cc(C)cc(C)c2cc1C#N. The van der Waals surface area contributed by atoms with Crippen LogP contribution in [0.3, 0.4) is 0 Å². The molecule has 0 saturated heterocycles. The average molecular weight is 373 g/mol. The van der Waals surface area contributed by atoms with E-state index in [1.165, 1.54) is 5.56 Å². The number of H-pyrrole nitrogens is 1. The highest BCUT2D eigenvalue weighted by Crippen LogP contribution is 2.21. The highest BCUT2D eigenvalue weighted by Gasteiger charge is 2.13. The second-order valence-electron chi connectivity index (χ2n) is 6.17. The molecule has 1 aromatic heterocycles. The van der Waals surface area contributed by atoms with Crippen LogP contribution in [-0.4, -0.2) is 38.5 Å². The maximum atomic E-state index is 9.44. The molecule has 0 atom stereocenters. The number of rotatable bonds is 8. The van der Waals surface area contributed by atoms with Crippen LogP contribution in [0.25, 0.3) is 10.9 Å². The molecule has 26 heavy (non-hydrogen) atoms. The molecular formula is C19H26N5OS+. The molecule has 0 aliphatic carbocycles. The number of aromatic amines is 1. The number of ether oxygens (including phenoxy) is 1. The number of thiocarbonyl (C=S) groups is 1. The third-order valence-electron chi connectivity index (χ3n) is 3.99. The van der Waals surface area contributed by atoms with Gasteiger partial charge in [-0.15, -0.1) is 0 Å². The number of benzene rings is 1. The number of aromatic nitrogens is 1. The summed E-state index contributed by atoms with van der Waals surface area (Å²) in [5.74, 6) is 0.728. The summed E-state index contributed by atoms with van der Waals surface area (Å²) in [5, 5.41) is 20.7. The normalized spacial score (nSPS) is 10.4. The van der Waals surface area contributed by atoms with E-state index in [-0.39, 0.29) is 0 Å². The van der Waals surface area contributed by atoms with Crippen molar-refractivity contribution in [2.75, 3.05) is 38.7 Å². The molecule has 6 nitrogen and oxygen atoms in total. The Hall–Kier alpha value is -2.43. The molecule has 2 rings (SSSR count). The minimum absolute atomic E-state index is 0.602. The molecule has 0 aliphatic heterocycles. The van der Waals surface area contributed by atoms with Crippen molar-refractivity contribution >= 4 is 34.1 Å². The van der Waals surface area contributed by atoms with Gasteiger partial charge in [-0.1, -0.05) is 6.07 Å². The molecule has 1 heterocycles. The maximum Gasteiger partial charge on any atom is 0.290 e. The Labute approximate surface area is 159 Å². The first-order valence-electron chi connectivity index (χ1n) is 8.67. The summed E-state index contributed by atoms with van der Waals surface area (Å²) in [6.45, 7) is 6.91. The zero-order chi connectivity index (χ0) is 18.9. The van der Waals surface area contributed by atoms with Crippen LogP contribution in [-0.2, 0) is 4.74 Å². The summed E-state index contributed by atoms with van der Waals surface area (Å²) >= 11 is 5.22. The van der Waals surface area contributed by atoms with E-state index < -0.39 is 0 Å². The molecular weight excluding hydrogens is 346 g/mol. The number of hydrogen-bond acceptors (Lipinski definition) is 4. The maximum absolute atomic E-state index is 9.44. The number of fused-ring (bicyclic) bond motifs is 1. The summed E-state index contributed by atoms with van der Waals surface area (Å²) in [7, 11) is 1.68. The molecule has 0 spiro atoms. The lowest BCUT2D eigenvalue weighted by Gasteiger charge is -2.10. The second kappa shape index (κ2) is 9.90. The van der Waals surface area contributed by atoms with Crippen LogP contribution in [0.4, 0.5) is 5.82 Å². The van der Waals surface area contributed by atoms with Gasteiger partial charge < -0.3 is 15.4 Å². The lowest BCUT2D eigenvalue weighted by molar-refractivity contribution is -0.327. The van der Waals surface area contributed by atoms with Gasteiger partial charge in [0.05, 0.1) is 6.54 Å². The molecule has 7 heteroatoms. The van der Waals surface area contributed by atoms with Crippen LogP contribution in [0.15, 0.2) is 18.2 Å². The summed E-state index contributed by atoms with van der Waals surface area (Å²) in [4.78, 5) is 3.34. The number of nitrogens with zero attached hydrogens (tertiary/aromatic N) is 1. The number of nitrogens with one attached hydrogen (secondary N) is 4. The number of methoxy groups -OCH3 is 1. The number of nitriles is 1. The van der Waals surface area contributed by atoms with Crippen LogP contribution < -0.4 is 20.9 Å². The molecule has 0 saturated carbocycles. The first-order valence-corrected chi connectivity index (χ1v) is 9.08. The predicted molar refractivity (Wildman–Crippen MR) is 108 cm³/mol. The van der Waals surface area contributed by atoms with E-state index >= 15 is 0 Å². The fraction of sp³-hybridized carbons (Fsp3) is 0.421. The van der Waals surface area contributed by atoms with Gasteiger partial charge in [-0.3, -0.25) is 5.32 Å². The van der Waals surface area contributed by atoms with Gasteiger partial charge in [0.15, 0.2) is 5.11 Å². The van der Waals surface area contributed by atoms with E-state index in [4.69, 9.17) is 17.0 Å². The number of anilines is 1. The van der Waals surface area contributed by atoms with E-state index in [0.29, 0.717) is 30.4 Å². The van der Waals surface area contributed by atoms with Gasteiger partial charge in [-0.25, -0.2) is 4.98 Å². The van der Waals surface area contributed by atoms with Crippen molar-refractivity contribution in [3.05, 3.63) is 34.9 Å². The van der Waals surface area contributed by atoms with Crippen molar-refractivity contribution in [3.63, 3.8) is 0 Å². The first kappa shape index (κ1) is 19.9. The topological polar surface area (TPSA) is 83.2 Å². The number of pyridine rings is 1. The van der Waals surface area contributed by atoms with Gasteiger partial charge in [-0.05, 0) is 55.7 Å². The predicted octanol–water partition coefficient (Wildman–Crippen LogP) is 2.05. The van der Waals surface area contributed by atoms with Gasteiger partial charge in [0.25, 0.3) is 5.82 Å². The van der Waals surface area contributed by atoms with Crippen LogP contribution in [0, 0.1) is 25.2 Å². The fourth-order valence-corrected chi connectivity index (χ4v) is 2.97. The van der Waals surface area contributed by atoms with E-state index in [0.717, 1.165) is 35.2 Å². The Kier molecular flexibility index (Phi) is 7.57. The van der Waals surface area contributed by atoms with Crippen molar-refractivity contribution < 1.29 is 9.72 Å². The molecule has 1 aromatic carbocycles. The Bertz CT molecular complexity index is 816. The van der Waals surface area contributed by atoms with Crippen molar-refractivity contribution in [1.82, 2.24) is 10.6 Å². The van der Waals surface area contributed by atoms with Gasteiger partial charge in [0.1, 0.15) is 23.7 Å². The first-order chi connectivity index (χ1) is 12.5. The summed E-state index contributed by atoms with van der Waals surface area (Å²) in [6.07, 6.45) is 0.910. The van der Waals surface area contributed by atoms with Crippen molar-refractivity contribution in [2.24, 2.45) is 0 Å². The van der Waals surface area contributed by atoms with E-state index in [2.05, 4.69) is 53.0 Å². The second-order valence-corrected chi connectivity index (χ2v) is 6.58. The lowest BCUT2D eigenvalue weighted by Crippen LogP contribution is -2.38. The average Bonchev–Trinajstić information content (AvgIpc) is 2.61. The smallest absolute Gasteiger partial charge is 0.290 e. The standard InChI is InChI=1S/C19H25N5OS/c1-13-9-14(2)16-11-15(12-20)18(24-17(16)10-13)21-6-7-23-19(26)22-5-4-8-25-3/h9-11H,4-8H2,1-3H3,(H,21,24)(H2,22,23,26)/p+1. The van der Waals surface area contributed by atoms with Gasteiger partial charge in [-0.2, -0.15) is 5.26 Å². The van der Waals surface area contributed by atoms with E-state index in [1.54, 1.807) is 7.11 Å². The summed E-state index contributed by atoms with van der Waals surface area (Å²) in [5.41, 5.74) is 3.97. The highest BCUT2D eigenvalue weighted by atomic mass is 32.1. The molecule has 2 aromatic rings. The Morgan fingerprint density at radius 1 is 1.19 bits per heavy atom. The molecule has 0 amide bonds. The van der Waals surface area contributed by atoms with E-state index in [1.807, 2.05) is 6.07 Å². The molecule has 0 fully saturated rings. The van der Waals surface area contributed by atoms with Gasteiger partial charge in [0.2, 0.25) is 0 Å². The quantitative estimate of drug-likeness (QED) is 0.486. The fourth-order valence-electron chi connectivity index (χ4n) is 2.76. The Morgan fingerprint density at radius 3 is 2.69 bits per heavy atom. The minimum atomic E-state index is 0.602. The van der Waals surface area contributed by atoms with E-state index in [9.17, 15) is 5.26 Å². The van der Waals surface area contributed by atoms with Crippen molar-refractivity contribution in [3.8, 4) is 6.07 Å². The molecule has 0 unspecified atom stereocenters. The third kappa shape index (κ3) is 5.55. The van der Waals surface area contributed by atoms with Crippen LogP contribution in [0.2, 0.25) is 0 Å². The largest absolute Gasteiger partial charge is 0.385 e. The molecule has 4 N–H and O–H groups in total. The third-order valence-corrected chi connectivity index (χ3v) is 4.28. The van der Waals surface area contributed by atoms with Crippen molar-refractivity contribution in [2.45, 2.75) is 20.3 Å². The van der Waals surface area contributed by atoms with Crippen LogP contribution >= 0.6 is 12.2 Å². The van der Waals surface area contributed by atoms with Gasteiger partial charge >= 0.3 is 0 Å². The highest BCUT2D eigenvalue weighted by molar-refractivity contribution is 7.80. The van der Waals surface area contributed by atoms with Crippen LogP contribution in [0.5, 0.6) is 0 Å². The monoisotopic (exact) mass is 372 g/mol. The zero-order valence-corrected chi connectivity index (χ0v) is 16.3. The van der Waals surface area contributed by atoms with Gasteiger partial charge in [0, 0.05) is 25.6 Å². The molecule has 0 aliphatic rings. The number of aryl methyl sites for hydroxylation is 2. The zero-order valence-electron chi connectivity index (χ0n) is 15.5. The Balaban J connectivity index is 1.92. The lowest BCUT2D eigenvalue weighted by atomic mass is 10.0. The van der Waals surface area contributed by atoms with Crippen LogP contribution in [0.1, 0.15) is 23.1 Å². The number of hydrogen-bond donors (Lipinski definition) is 3. The Morgan fingerprint density at radius 2 is 1.96 bits per heavy atom. The summed E-state index contributed by atoms with van der Waals surface area (Å²) < 4.78 is 4.99. The molecule has 0 bridgehead atoms. The molecule has 0 radical (unpaired) electrons. The molecule has 138 valence electrons. The summed E-state index contributed by atoms with van der Waals surface area (Å²) in [6, 6.07) is 8.39. The minimum Gasteiger partial charge on any atom is -0.385 e.